The molecular formula is C15H14O4. The summed E-state index contributed by atoms with van der Waals surface area (Å²) in [5.74, 6) is 3.99. The number of hydrogen-bond acceptors (Lipinski definition) is 4. The Morgan fingerprint density at radius 3 is 2.74 bits per heavy atom. The number of para-hydroxylation sites is 1. The second-order valence-electron chi connectivity index (χ2n) is 3.39. The third-order valence-corrected chi connectivity index (χ3v) is 2.03. The second kappa shape index (κ2) is 7.72. The Morgan fingerprint density at radius 2 is 2.05 bits per heavy atom. The Kier molecular flexibility index (Phi) is 5.90. The van der Waals surface area contributed by atoms with Crippen LogP contribution in [0.1, 0.15) is 19.4 Å². The minimum Gasteiger partial charge on any atom is -0.463 e. The topological polar surface area (TPSA) is 52.6 Å². The Morgan fingerprint density at radius 1 is 1.32 bits per heavy atom. The van der Waals surface area contributed by atoms with Gasteiger partial charge in [-0.05, 0) is 26.0 Å². The van der Waals surface area contributed by atoms with Gasteiger partial charge >= 0.3 is 11.9 Å². The molecule has 0 fully saturated rings. The fourth-order valence-corrected chi connectivity index (χ4v) is 1.29. The molecule has 0 aromatic heterocycles. The lowest BCUT2D eigenvalue weighted by molar-refractivity contribution is -0.137. The SMILES string of the molecule is CC#CC(=O)Oc1ccccc1/C=C/C(=O)OCC. The van der Waals surface area contributed by atoms with Crippen LogP contribution in [0.5, 0.6) is 5.75 Å². The zero-order valence-electron chi connectivity index (χ0n) is 10.8. The maximum absolute atomic E-state index is 11.3. The second-order valence-corrected chi connectivity index (χ2v) is 3.39. The molecule has 4 nitrogen and oxygen atoms in total. The van der Waals surface area contributed by atoms with Gasteiger partial charge in [0.15, 0.2) is 0 Å². The Bertz CT molecular complexity index is 547. The van der Waals surface area contributed by atoms with Crippen LogP contribution in [-0.4, -0.2) is 18.5 Å². The van der Waals surface area contributed by atoms with E-state index in [1.54, 1.807) is 38.1 Å². The molecule has 0 N–H and O–H groups in total. The maximum atomic E-state index is 11.3. The fourth-order valence-electron chi connectivity index (χ4n) is 1.29. The number of rotatable bonds is 4. The molecule has 0 radical (unpaired) electrons. The first-order chi connectivity index (χ1) is 9.17. The molecule has 0 bridgehead atoms. The molecule has 0 saturated heterocycles. The van der Waals surface area contributed by atoms with Gasteiger partial charge in [-0.2, -0.15) is 0 Å². The van der Waals surface area contributed by atoms with Crippen LogP contribution in [0.25, 0.3) is 6.08 Å². The van der Waals surface area contributed by atoms with Crippen LogP contribution in [0.2, 0.25) is 0 Å². The van der Waals surface area contributed by atoms with Gasteiger partial charge in [-0.3, -0.25) is 0 Å². The van der Waals surface area contributed by atoms with E-state index in [0.717, 1.165) is 0 Å². The first-order valence-electron chi connectivity index (χ1n) is 5.75. The van der Waals surface area contributed by atoms with Gasteiger partial charge in [-0.1, -0.05) is 24.1 Å². The number of carbonyl (C=O) groups excluding carboxylic acids is 2. The normalized spacial score (nSPS) is 9.58. The van der Waals surface area contributed by atoms with Gasteiger partial charge < -0.3 is 9.47 Å². The third kappa shape index (κ3) is 5.09. The third-order valence-electron chi connectivity index (χ3n) is 2.03. The highest BCUT2D eigenvalue weighted by molar-refractivity contribution is 5.91. The maximum Gasteiger partial charge on any atom is 0.389 e. The molecular weight excluding hydrogens is 244 g/mol. The van der Waals surface area contributed by atoms with Crippen LogP contribution in [0.3, 0.4) is 0 Å². The lowest BCUT2D eigenvalue weighted by Gasteiger charge is -2.04. The summed E-state index contributed by atoms with van der Waals surface area (Å²) in [4.78, 5) is 22.5. The number of ether oxygens (including phenoxy) is 2. The summed E-state index contributed by atoms with van der Waals surface area (Å²) in [5.41, 5.74) is 0.599. The highest BCUT2D eigenvalue weighted by Gasteiger charge is 2.05. The summed E-state index contributed by atoms with van der Waals surface area (Å²) in [6.45, 7) is 3.59. The van der Waals surface area contributed by atoms with E-state index in [1.165, 1.54) is 12.2 Å². The molecule has 0 aliphatic carbocycles. The summed E-state index contributed by atoms with van der Waals surface area (Å²) in [5, 5.41) is 0. The van der Waals surface area contributed by atoms with Crippen LogP contribution in [0.4, 0.5) is 0 Å². The Balaban J connectivity index is 2.86. The van der Waals surface area contributed by atoms with Crippen molar-refractivity contribution in [1.82, 2.24) is 0 Å². The van der Waals surface area contributed by atoms with Crippen LogP contribution in [-0.2, 0) is 14.3 Å². The van der Waals surface area contributed by atoms with Gasteiger partial charge in [0.25, 0.3) is 0 Å². The van der Waals surface area contributed by atoms with Gasteiger partial charge in [0, 0.05) is 17.6 Å². The number of benzene rings is 1. The molecule has 98 valence electrons. The van der Waals surface area contributed by atoms with Crippen molar-refractivity contribution in [3.63, 3.8) is 0 Å². The molecule has 19 heavy (non-hydrogen) atoms. The van der Waals surface area contributed by atoms with E-state index in [4.69, 9.17) is 9.47 Å². The monoisotopic (exact) mass is 258 g/mol. The molecule has 0 saturated carbocycles. The number of esters is 2. The molecule has 0 spiro atoms. The van der Waals surface area contributed by atoms with Gasteiger partial charge in [0.1, 0.15) is 5.75 Å². The average Bonchev–Trinajstić information content (AvgIpc) is 2.38. The van der Waals surface area contributed by atoms with Crippen molar-refractivity contribution in [3.05, 3.63) is 35.9 Å². The van der Waals surface area contributed by atoms with Crippen molar-refractivity contribution in [1.29, 1.82) is 0 Å². The minimum atomic E-state index is -0.639. The summed E-state index contributed by atoms with van der Waals surface area (Å²) >= 11 is 0. The first-order valence-corrected chi connectivity index (χ1v) is 5.75. The van der Waals surface area contributed by atoms with E-state index in [0.29, 0.717) is 17.9 Å². The molecule has 1 rings (SSSR count). The zero-order chi connectivity index (χ0) is 14.1. The number of carbonyl (C=O) groups is 2. The van der Waals surface area contributed by atoms with Crippen molar-refractivity contribution in [2.45, 2.75) is 13.8 Å². The van der Waals surface area contributed by atoms with Crippen LogP contribution in [0.15, 0.2) is 30.3 Å². The standard InChI is InChI=1S/C15H14O4/c1-3-7-15(17)19-13-9-6-5-8-12(13)10-11-14(16)18-4-2/h5-6,8-11H,4H2,1-2H3/b11-10+. The molecule has 0 heterocycles. The quantitative estimate of drug-likeness (QED) is 0.273. The van der Waals surface area contributed by atoms with Gasteiger partial charge in [-0.25, -0.2) is 9.59 Å². The Labute approximate surface area is 112 Å². The van der Waals surface area contributed by atoms with E-state index < -0.39 is 11.9 Å². The smallest absolute Gasteiger partial charge is 0.389 e. The van der Waals surface area contributed by atoms with Crippen LogP contribution >= 0.6 is 0 Å². The molecule has 0 atom stereocenters. The van der Waals surface area contributed by atoms with Crippen molar-refractivity contribution < 1.29 is 19.1 Å². The van der Waals surface area contributed by atoms with Crippen molar-refractivity contribution in [2.75, 3.05) is 6.61 Å². The molecule has 1 aromatic carbocycles. The lowest BCUT2D eigenvalue weighted by atomic mass is 10.2. The predicted molar refractivity (Wildman–Crippen MR) is 71.2 cm³/mol. The summed E-state index contributed by atoms with van der Waals surface area (Å²) in [6.07, 6.45) is 2.81. The van der Waals surface area contributed by atoms with Crippen LogP contribution in [0, 0.1) is 11.8 Å². The summed E-state index contributed by atoms with van der Waals surface area (Å²) in [7, 11) is 0. The predicted octanol–water partition coefficient (Wildman–Crippen LogP) is 2.19. The Hall–Kier alpha value is -2.54. The molecule has 0 unspecified atom stereocenters. The molecule has 4 heteroatoms. The highest BCUT2D eigenvalue weighted by Crippen LogP contribution is 2.19. The largest absolute Gasteiger partial charge is 0.463 e. The molecule has 0 aliphatic heterocycles. The first kappa shape index (κ1) is 14.5. The molecule has 1 aromatic rings. The number of hydrogen-bond donors (Lipinski definition) is 0. The van der Waals surface area contributed by atoms with E-state index in [-0.39, 0.29) is 0 Å². The van der Waals surface area contributed by atoms with Gasteiger partial charge in [0.2, 0.25) is 0 Å². The van der Waals surface area contributed by atoms with E-state index in [9.17, 15) is 9.59 Å². The molecule has 0 amide bonds. The van der Waals surface area contributed by atoms with Crippen molar-refractivity contribution in [2.24, 2.45) is 0 Å². The van der Waals surface area contributed by atoms with Gasteiger partial charge in [-0.15, -0.1) is 0 Å². The minimum absolute atomic E-state index is 0.311. The van der Waals surface area contributed by atoms with Crippen LogP contribution < -0.4 is 4.74 Å². The highest BCUT2D eigenvalue weighted by atomic mass is 16.5. The van der Waals surface area contributed by atoms with E-state index in [1.807, 2.05) is 0 Å². The van der Waals surface area contributed by atoms with Gasteiger partial charge in [0.05, 0.1) is 6.61 Å². The summed E-state index contributed by atoms with van der Waals surface area (Å²) in [6, 6.07) is 6.84. The lowest BCUT2D eigenvalue weighted by Crippen LogP contribution is -2.05. The van der Waals surface area contributed by atoms with E-state index >= 15 is 0 Å². The summed E-state index contributed by atoms with van der Waals surface area (Å²) < 4.78 is 9.83. The zero-order valence-corrected chi connectivity index (χ0v) is 10.8. The van der Waals surface area contributed by atoms with Crippen molar-refractivity contribution in [3.8, 4) is 17.6 Å². The molecule has 0 aliphatic rings. The average molecular weight is 258 g/mol. The van der Waals surface area contributed by atoms with E-state index in [2.05, 4.69) is 11.8 Å². The fraction of sp³-hybridized carbons (Fsp3) is 0.200. The van der Waals surface area contributed by atoms with Crippen molar-refractivity contribution >= 4 is 18.0 Å².